The van der Waals surface area contributed by atoms with Crippen LogP contribution in [0.5, 0.6) is 0 Å². The SMILES string of the molecule is Bn1c(/C(=C2\N=C3C(=C2C)CCCc2ccccc23)c2cccc3ccccc23)c(C)c2c1-c1ccccc1CCC2. The van der Waals surface area contributed by atoms with Crippen LogP contribution < -0.4 is 0 Å². The molecule has 0 spiro atoms. The zero-order chi connectivity index (χ0) is 28.4. The standard InChI is InChI=1S/C39H35BN2/c1-24-29-21-9-16-27-13-4-7-19-32(27)37(29)41-36(24)35(34-23-11-15-26-12-3-6-18-31(26)34)38-25(2)30-22-10-17-28-14-5-8-20-33(28)39(30)42(38)40/h3-8,11-15,18-20,23H,9-10,16-17,21-22,40H2,1-2H3/b36-35-. The fourth-order valence-corrected chi connectivity index (χ4v) is 7.91. The topological polar surface area (TPSA) is 17.3 Å². The van der Waals surface area contributed by atoms with Gasteiger partial charge in [-0.2, -0.15) is 0 Å². The second-order valence-corrected chi connectivity index (χ2v) is 12.2. The summed E-state index contributed by atoms with van der Waals surface area (Å²) in [5, 5.41) is 2.55. The van der Waals surface area contributed by atoms with Crippen LogP contribution in [0.1, 0.15) is 65.3 Å². The van der Waals surface area contributed by atoms with Crippen LogP contribution in [0, 0.1) is 6.92 Å². The maximum Gasteiger partial charge on any atom is 0.223 e. The van der Waals surface area contributed by atoms with Gasteiger partial charge in [0.15, 0.2) is 0 Å². The Kier molecular flexibility index (Phi) is 5.96. The Morgan fingerprint density at radius 1 is 0.714 bits per heavy atom. The molecular formula is C39H35BN2. The van der Waals surface area contributed by atoms with Gasteiger partial charge in [-0.3, -0.25) is 0 Å². The molecule has 0 N–H and O–H groups in total. The van der Waals surface area contributed by atoms with E-state index in [4.69, 9.17) is 4.99 Å². The highest BCUT2D eigenvalue weighted by atomic mass is 14.9. The lowest BCUT2D eigenvalue weighted by molar-refractivity contribution is 0.831. The molecule has 0 fully saturated rings. The molecule has 5 aromatic rings. The Morgan fingerprint density at radius 2 is 1.38 bits per heavy atom. The Labute approximate surface area is 249 Å². The summed E-state index contributed by atoms with van der Waals surface area (Å²) in [7, 11) is 2.28. The lowest BCUT2D eigenvalue weighted by Crippen LogP contribution is -2.06. The molecule has 2 aliphatic carbocycles. The van der Waals surface area contributed by atoms with Crippen LogP contribution in [0.25, 0.3) is 27.6 Å². The molecule has 0 amide bonds. The summed E-state index contributed by atoms with van der Waals surface area (Å²) in [6.07, 6.45) is 6.76. The van der Waals surface area contributed by atoms with Gasteiger partial charge < -0.3 is 4.48 Å². The predicted octanol–water partition coefficient (Wildman–Crippen LogP) is 8.42. The van der Waals surface area contributed by atoms with Crippen molar-refractivity contribution in [2.24, 2.45) is 4.99 Å². The lowest BCUT2D eigenvalue weighted by Gasteiger charge is -2.19. The largest absolute Gasteiger partial charge is 0.392 e. The van der Waals surface area contributed by atoms with Gasteiger partial charge in [0.1, 0.15) is 0 Å². The molecule has 0 saturated heterocycles. The van der Waals surface area contributed by atoms with E-state index in [9.17, 15) is 0 Å². The van der Waals surface area contributed by atoms with Gasteiger partial charge in [0.25, 0.3) is 0 Å². The molecule has 3 aliphatic rings. The number of benzene rings is 4. The van der Waals surface area contributed by atoms with Crippen LogP contribution >= 0.6 is 0 Å². The summed E-state index contributed by atoms with van der Waals surface area (Å²) in [5.41, 5.74) is 18.8. The summed E-state index contributed by atoms with van der Waals surface area (Å²) < 4.78 is 2.50. The van der Waals surface area contributed by atoms with E-state index in [1.54, 1.807) is 0 Å². The maximum absolute atomic E-state index is 5.61. The first-order valence-electron chi connectivity index (χ1n) is 15.5. The number of hydrogen-bond donors (Lipinski definition) is 0. The van der Waals surface area contributed by atoms with E-state index < -0.39 is 0 Å². The van der Waals surface area contributed by atoms with Gasteiger partial charge in [0, 0.05) is 28.1 Å². The van der Waals surface area contributed by atoms with Crippen molar-refractivity contribution >= 4 is 30.0 Å². The van der Waals surface area contributed by atoms with Gasteiger partial charge in [-0.15, -0.1) is 0 Å². The normalized spacial score (nSPS) is 17.1. The van der Waals surface area contributed by atoms with Crippen LogP contribution in [-0.4, -0.2) is 18.2 Å². The van der Waals surface area contributed by atoms with Crippen molar-refractivity contribution < 1.29 is 0 Å². The quantitative estimate of drug-likeness (QED) is 0.199. The molecule has 0 atom stereocenters. The Balaban J connectivity index is 1.49. The van der Waals surface area contributed by atoms with Crippen molar-refractivity contribution in [3.05, 3.63) is 147 Å². The van der Waals surface area contributed by atoms with E-state index in [0.717, 1.165) is 37.8 Å². The van der Waals surface area contributed by atoms with Crippen LogP contribution in [0.4, 0.5) is 0 Å². The summed E-state index contributed by atoms with van der Waals surface area (Å²) in [6, 6.07) is 33.5. The fourth-order valence-electron chi connectivity index (χ4n) is 7.91. The smallest absolute Gasteiger partial charge is 0.223 e. The molecule has 0 saturated carbocycles. The van der Waals surface area contributed by atoms with Crippen molar-refractivity contribution in [1.82, 2.24) is 4.48 Å². The molecule has 1 aromatic heterocycles. The Morgan fingerprint density at radius 3 is 2.21 bits per heavy atom. The minimum Gasteiger partial charge on any atom is -0.392 e. The van der Waals surface area contributed by atoms with E-state index in [0.29, 0.717) is 0 Å². The molecule has 2 heterocycles. The van der Waals surface area contributed by atoms with Gasteiger partial charge >= 0.3 is 0 Å². The van der Waals surface area contributed by atoms with Crippen LogP contribution in [0.3, 0.4) is 0 Å². The highest BCUT2D eigenvalue weighted by Gasteiger charge is 2.32. The van der Waals surface area contributed by atoms with Crippen LogP contribution in [-0.2, 0) is 19.3 Å². The zero-order valence-corrected chi connectivity index (χ0v) is 24.8. The highest BCUT2D eigenvalue weighted by molar-refractivity contribution is 6.19. The molecule has 0 unspecified atom stereocenters. The van der Waals surface area contributed by atoms with Crippen molar-refractivity contribution in [3.8, 4) is 11.3 Å². The first kappa shape index (κ1) is 25.4. The van der Waals surface area contributed by atoms with Crippen molar-refractivity contribution in [1.29, 1.82) is 0 Å². The van der Waals surface area contributed by atoms with E-state index in [2.05, 4.69) is 117 Å². The third-order valence-electron chi connectivity index (χ3n) is 9.91. The molecule has 0 bridgehead atoms. The lowest BCUT2D eigenvalue weighted by atomic mass is 9.89. The fraction of sp³-hybridized carbons (Fsp3) is 0.205. The van der Waals surface area contributed by atoms with E-state index in [-0.39, 0.29) is 0 Å². The minimum absolute atomic E-state index is 1.07. The maximum atomic E-state index is 5.61. The van der Waals surface area contributed by atoms with E-state index in [1.165, 1.54) is 90.0 Å². The number of fused-ring (bicyclic) bond motifs is 7. The average molecular weight is 543 g/mol. The number of aliphatic imine (C=N–C) groups is 1. The molecule has 1 aliphatic heterocycles. The van der Waals surface area contributed by atoms with Gasteiger partial charge in [-0.25, -0.2) is 4.99 Å². The molecule has 8 rings (SSSR count). The van der Waals surface area contributed by atoms with E-state index in [1.807, 2.05) is 0 Å². The van der Waals surface area contributed by atoms with Crippen molar-refractivity contribution in [2.75, 3.05) is 0 Å². The summed E-state index contributed by atoms with van der Waals surface area (Å²) >= 11 is 0. The number of hydrogen-bond acceptors (Lipinski definition) is 1. The Bertz CT molecular complexity index is 2010. The van der Waals surface area contributed by atoms with Gasteiger partial charge in [-0.05, 0) is 102 Å². The molecule has 204 valence electrons. The molecule has 42 heavy (non-hydrogen) atoms. The summed E-state index contributed by atoms with van der Waals surface area (Å²) in [6.45, 7) is 4.67. The van der Waals surface area contributed by atoms with E-state index >= 15 is 0 Å². The minimum atomic E-state index is 1.07. The summed E-state index contributed by atoms with van der Waals surface area (Å²) in [4.78, 5) is 5.61. The monoisotopic (exact) mass is 542 g/mol. The van der Waals surface area contributed by atoms with Gasteiger partial charge in [-0.1, -0.05) is 91.0 Å². The van der Waals surface area contributed by atoms with Crippen LogP contribution in [0.2, 0.25) is 0 Å². The second-order valence-electron chi connectivity index (χ2n) is 12.2. The van der Waals surface area contributed by atoms with Crippen LogP contribution in [0.15, 0.2) is 113 Å². The second kappa shape index (κ2) is 9.88. The average Bonchev–Trinajstić information content (AvgIpc) is 3.27. The summed E-state index contributed by atoms with van der Waals surface area (Å²) in [5.74, 6) is 0. The van der Waals surface area contributed by atoms with Gasteiger partial charge in [0.2, 0.25) is 7.98 Å². The predicted molar refractivity (Wildman–Crippen MR) is 179 cm³/mol. The Hall–Kier alpha value is -4.37. The molecule has 4 aromatic carbocycles. The van der Waals surface area contributed by atoms with Crippen molar-refractivity contribution in [2.45, 2.75) is 52.4 Å². The molecular weight excluding hydrogens is 507 g/mol. The first-order chi connectivity index (χ1) is 20.6. The van der Waals surface area contributed by atoms with Gasteiger partial charge in [0.05, 0.1) is 11.4 Å². The molecule has 2 nitrogen and oxygen atoms in total. The highest BCUT2D eigenvalue weighted by Crippen LogP contribution is 2.46. The number of nitrogens with zero attached hydrogens (tertiary/aromatic N) is 2. The third kappa shape index (κ3) is 3.76. The molecule has 3 heteroatoms. The number of aryl methyl sites for hydroxylation is 2. The number of aromatic nitrogens is 1. The first-order valence-corrected chi connectivity index (χ1v) is 15.5. The number of rotatable bonds is 2. The zero-order valence-electron chi connectivity index (χ0n) is 24.8. The van der Waals surface area contributed by atoms with Crippen molar-refractivity contribution in [3.63, 3.8) is 0 Å². The third-order valence-corrected chi connectivity index (χ3v) is 9.91. The number of allylic oxidation sites excluding steroid dienone is 2. The molecule has 0 radical (unpaired) electrons.